The average Bonchev–Trinajstić information content (AvgIpc) is 2.97. The Morgan fingerprint density at radius 2 is 2.05 bits per heavy atom. The van der Waals surface area contributed by atoms with E-state index in [0.717, 1.165) is 24.8 Å². The monoisotopic (exact) mass is 322 g/mol. The lowest BCUT2D eigenvalue weighted by Gasteiger charge is -2.25. The Kier molecular flexibility index (Phi) is 5.39. The fourth-order valence-electron chi connectivity index (χ4n) is 2.71. The van der Waals surface area contributed by atoms with Gasteiger partial charge in [-0.25, -0.2) is 0 Å². The molecule has 1 aromatic carbocycles. The summed E-state index contributed by atoms with van der Waals surface area (Å²) in [5.74, 6) is -0.0970. The molecule has 0 radical (unpaired) electrons. The van der Waals surface area contributed by atoms with Crippen LogP contribution in [0, 0.1) is 0 Å². The summed E-state index contributed by atoms with van der Waals surface area (Å²) in [6.45, 7) is 0. The van der Waals surface area contributed by atoms with Crippen molar-refractivity contribution < 1.29 is 4.79 Å². The van der Waals surface area contributed by atoms with Gasteiger partial charge >= 0.3 is 0 Å². The Labute approximate surface area is 135 Å². The molecule has 1 aliphatic rings. The van der Waals surface area contributed by atoms with E-state index in [-0.39, 0.29) is 24.4 Å². The summed E-state index contributed by atoms with van der Waals surface area (Å²) in [6, 6.07) is 11.2. The van der Waals surface area contributed by atoms with Gasteiger partial charge in [0.1, 0.15) is 6.04 Å². The van der Waals surface area contributed by atoms with E-state index in [1.165, 1.54) is 10.4 Å². The van der Waals surface area contributed by atoms with Gasteiger partial charge in [0, 0.05) is 4.88 Å². The number of thiophene rings is 1. The maximum atomic E-state index is 12.3. The number of carbonyl (C=O) groups excluding carboxylic acids is 1. The van der Waals surface area contributed by atoms with Gasteiger partial charge in [0.15, 0.2) is 0 Å². The summed E-state index contributed by atoms with van der Waals surface area (Å²) in [7, 11) is 0. The van der Waals surface area contributed by atoms with E-state index in [0.29, 0.717) is 0 Å². The molecule has 3 rings (SSSR count). The second-order valence-corrected chi connectivity index (χ2v) is 6.14. The van der Waals surface area contributed by atoms with Gasteiger partial charge in [0.05, 0.1) is 6.04 Å². The standard InChI is InChI=1S/C16H18N2OS.ClH/c17-15(11-5-2-1-3-6-11)16(19)18-13-7-4-8-14-12(13)9-10-20-14;/h1-3,5-6,9-10,13,15H,4,7-8,17H2,(H,18,19);1H. The fourth-order valence-corrected chi connectivity index (χ4v) is 3.70. The number of benzene rings is 1. The molecule has 0 fully saturated rings. The van der Waals surface area contributed by atoms with Crippen molar-refractivity contribution in [2.45, 2.75) is 31.3 Å². The summed E-state index contributed by atoms with van der Waals surface area (Å²) in [6.07, 6.45) is 3.25. The van der Waals surface area contributed by atoms with Crippen molar-refractivity contribution in [3.8, 4) is 0 Å². The Morgan fingerprint density at radius 3 is 2.81 bits per heavy atom. The zero-order chi connectivity index (χ0) is 13.9. The van der Waals surface area contributed by atoms with Crippen molar-refractivity contribution >= 4 is 29.7 Å². The number of carbonyl (C=O) groups is 1. The summed E-state index contributed by atoms with van der Waals surface area (Å²) in [5.41, 5.74) is 8.17. The normalized spacial score (nSPS) is 18.2. The molecule has 0 saturated heterocycles. The number of hydrogen-bond acceptors (Lipinski definition) is 3. The van der Waals surface area contributed by atoms with E-state index in [4.69, 9.17) is 5.73 Å². The first-order valence-corrected chi connectivity index (χ1v) is 7.81. The number of amides is 1. The van der Waals surface area contributed by atoms with Gasteiger partial charge < -0.3 is 11.1 Å². The number of aryl methyl sites for hydroxylation is 1. The molecule has 0 bridgehead atoms. The van der Waals surface area contributed by atoms with Crippen molar-refractivity contribution in [1.82, 2.24) is 5.32 Å². The molecule has 3 nitrogen and oxygen atoms in total. The highest BCUT2D eigenvalue weighted by molar-refractivity contribution is 7.10. The number of hydrogen-bond donors (Lipinski definition) is 2. The largest absolute Gasteiger partial charge is 0.348 e. The molecule has 21 heavy (non-hydrogen) atoms. The SMILES string of the molecule is Cl.NC(C(=O)NC1CCCc2sccc21)c1ccccc1. The third-order valence-electron chi connectivity index (χ3n) is 3.81. The molecule has 3 N–H and O–H groups in total. The number of rotatable bonds is 3. The van der Waals surface area contributed by atoms with Crippen LogP contribution in [-0.4, -0.2) is 5.91 Å². The third-order valence-corrected chi connectivity index (χ3v) is 4.81. The minimum Gasteiger partial charge on any atom is -0.348 e. The van der Waals surface area contributed by atoms with Crippen LogP contribution >= 0.6 is 23.7 Å². The lowest BCUT2D eigenvalue weighted by atomic mass is 9.93. The van der Waals surface area contributed by atoms with E-state index < -0.39 is 6.04 Å². The second-order valence-electron chi connectivity index (χ2n) is 5.14. The van der Waals surface area contributed by atoms with Gasteiger partial charge in [-0.3, -0.25) is 4.79 Å². The molecule has 2 atom stereocenters. The predicted molar refractivity (Wildman–Crippen MR) is 88.8 cm³/mol. The van der Waals surface area contributed by atoms with E-state index in [9.17, 15) is 4.79 Å². The van der Waals surface area contributed by atoms with Crippen LogP contribution in [0.3, 0.4) is 0 Å². The molecule has 1 aromatic heterocycles. The van der Waals surface area contributed by atoms with Gasteiger partial charge in [-0.1, -0.05) is 30.3 Å². The van der Waals surface area contributed by atoms with Gasteiger partial charge in [-0.2, -0.15) is 0 Å². The minimum atomic E-state index is -0.597. The van der Waals surface area contributed by atoms with Crippen molar-refractivity contribution in [1.29, 1.82) is 0 Å². The molecule has 112 valence electrons. The molecular weight excluding hydrogens is 304 g/mol. The van der Waals surface area contributed by atoms with Gasteiger partial charge in [-0.15, -0.1) is 23.7 Å². The van der Waals surface area contributed by atoms with E-state index in [1.807, 2.05) is 30.3 Å². The van der Waals surface area contributed by atoms with Crippen LogP contribution in [0.15, 0.2) is 41.8 Å². The highest BCUT2D eigenvalue weighted by Crippen LogP contribution is 2.33. The fraction of sp³-hybridized carbons (Fsp3) is 0.312. The van der Waals surface area contributed by atoms with E-state index in [2.05, 4.69) is 16.8 Å². The Bertz CT molecular complexity index is 599. The first-order chi connectivity index (χ1) is 9.75. The van der Waals surface area contributed by atoms with Crippen molar-refractivity contribution in [2.75, 3.05) is 0 Å². The minimum absolute atomic E-state index is 0. The van der Waals surface area contributed by atoms with E-state index in [1.54, 1.807) is 11.3 Å². The summed E-state index contributed by atoms with van der Waals surface area (Å²) >= 11 is 1.78. The van der Waals surface area contributed by atoms with Crippen molar-refractivity contribution in [2.24, 2.45) is 5.73 Å². The molecule has 2 aromatic rings. The zero-order valence-corrected chi connectivity index (χ0v) is 13.3. The molecule has 2 unspecified atom stereocenters. The molecule has 1 aliphatic carbocycles. The Balaban J connectivity index is 0.00000161. The second kappa shape index (κ2) is 7.07. The first-order valence-electron chi connectivity index (χ1n) is 6.93. The van der Waals surface area contributed by atoms with Crippen LogP contribution in [0.5, 0.6) is 0 Å². The zero-order valence-electron chi connectivity index (χ0n) is 11.6. The van der Waals surface area contributed by atoms with Gasteiger partial charge in [0.25, 0.3) is 0 Å². The van der Waals surface area contributed by atoms with Crippen LogP contribution in [0.1, 0.15) is 40.9 Å². The maximum Gasteiger partial charge on any atom is 0.241 e. The third kappa shape index (κ3) is 3.46. The maximum absolute atomic E-state index is 12.3. The quantitative estimate of drug-likeness (QED) is 0.910. The van der Waals surface area contributed by atoms with Crippen LogP contribution in [0.4, 0.5) is 0 Å². The van der Waals surface area contributed by atoms with Gasteiger partial charge in [-0.05, 0) is 41.8 Å². The highest BCUT2D eigenvalue weighted by atomic mass is 35.5. The molecule has 1 heterocycles. The topological polar surface area (TPSA) is 55.1 Å². The molecule has 0 saturated carbocycles. The van der Waals surface area contributed by atoms with Crippen LogP contribution in [-0.2, 0) is 11.2 Å². The highest BCUT2D eigenvalue weighted by Gasteiger charge is 2.25. The van der Waals surface area contributed by atoms with Crippen molar-refractivity contribution in [3.63, 3.8) is 0 Å². The first kappa shape index (κ1) is 16.0. The number of halogens is 1. The molecule has 1 amide bonds. The van der Waals surface area contributed by atoms with E-state index >= 15 is 0 Å². The summed E-state index contributed by atoms with van der Waals surface area (Å²) in [4.78, 5) is 13.7. The summed E-state index contributed by atoms with van der Waals surface area (Å²) in [5, 5.41) is 5.21. The number of fused-ring (bicyclic) bond motifs is 1. The molecule has 0 spiro atoms. The number of nitrogens with two attached hydrogens (primary N) is 1. The lowest BCUT2D eigenvalue weighted by Crippen LogP contribution is -2.37. The predicted octanol–water partition coefficient (Wildman–Crippen LogP) is 3.36. The van der Waals surface area contributed by atoms with Crippen LogP contribution in [0.25, 0.3) is 0 Å². The number of nitrogens with one attached hydrogen (secondary N) is 1. The van der Waals surface area contributed by atoms with Gasteiger partial charge in [0.2, 0.25) is 5.91 Å². The average molecular weight is 323 g/mol. The molecule has 5 heteroatoms. The Morgan fingerprint density at radius 1 is 1.29 bits per heavy atom. The smallest absolute Gasteiger partial charge is 0.241 e. The van der Waals surface area contributed by atoms with Crippen LogP contribution < -0.4 is 11.1 Å². The molecular formula is C16H19ClN2OS. The molecule has 0 aliphatic heterocycles. The Hall–Kier alpha value is -1.36. The van der Waals surface area contributed by atoms with Crippen molar-refractivity contribution in [3.05, 3.63) is 57.8 Å². The van der Waals surface area contributed by atoms with Crippen LogP contribution in [0.2, 0.25) is 0 Å². The summed E-state index contributed by atoms with van der Waals surface area (Å²) < 4.78 is 0. The lowest BCUT2D eigenvalue weighted by molar-refractivity contribution is -0.123.